The van der Waals surface area contributed by atoms with Crippen molar-refractivity contribution in [2.45, 2.75) is 57.9 Å². The monoisotopic (exact) mass is 276 g/mol. The molecule has 0 aromatic heterocycles. The van der Waals surface area contributed by atoms with Crippen molar-refractivity contribution in [3.63, 3.8) is 0 Å². The minimum atomic E-state index is -3.13. The molecule has 0 unspecified atom stereocenters. The Morgan fingerprint density at radius 2 is 1.78 bits per heavy atom. The summed E-state index contributed by atoms with van der Waals surface area (Å²) in [5, 5.41) is 3.37. The van der Waals surface area contributed by atoms with Gasteiger partial charge < -0.3 is 5.32 Å². The fourth-order valence-corrected chi connectivity index (χ4v) is 3.80. The Hall–Kier alpha value is -0.130. The average molecular weight is 276 g/mol. The van der Waals surface area contributed by atoms with E-state index < -0.39 is 15.6 Å². The maximum absolute atomic E-state index is 11.2. The van der Waals surface area contributed by atoms with Crippen LogP contribution < -0.4 is 10.0 Å². The van der Waals surface area contributed by atoms with Gasteiger partial charge in [0.15, 0.2) is 0 Å². The smallest absolute Gasteiger partial charge is 0.209 e. The first-order chi connectivity index (χ1) is 8.29. The number of sulfonamides is 1. The van der Waals surface area contributed by atoms with Gasteiger partial charge in [-0.05, 0) is 32.7 Å². The van der Waals surface area contributed by atoms with Crippen LogP contribution in [0.15, 0.2) is 0 Å². The molecule has 0 bridgehead atoms. The third kappa shape index (κ3) is 7.34. The molecule has 0 aliphatic heterocycles. The first-order valence-corrected chi connectivity index (χ1v) is 8.87. The van der Waals surface area contributed by atoms with Gasteiger partial charge >= 0.3 is 0 Å². The third-order valence-electron chi connectivity index (χ3n) is 3.48. The molecule has 0 heterocycles. The highest BCUT2D eigenvalue weighted by atomic mass is 32.2. The highest BCUT2D eigenvalue weighted by Gasteiger charge is 2.21. The maximum atomic E-state index is 11.2. The third-order valence-corrected chi connectivity index (χ3v) is 4.41. The molecule has 1 fully saturated rings. The molecule has 5 heteroatoms. The summed E-state index contributed by atoms with van der Waals surface area (Å²) in [7, 11) is -3.13. The average Bonchev–Trinajstić information content (AvgIpc) is 2.23. The topological polar surface area (TPSA) is 58.2 Å². The van der Waals surface area contributed by atoms with Crippen molar-refractivity contribution in [3.05, 3.63) is 0 Å². The number of hydrogen-bond acceptors (Lipinski definition) is 3. The van der Waals surface area contributed by atoms with Gasteiger partial charge in [-0.3, -0.25) is 0 Å². The molecule has 1 rings (SSSR count). The van der Waals surface area contributed by atoms with Crippen LogP contribution in [-0.2, 0) is 10.0 Å². The van der Waals surface area contributed by atoms with Crippen LogP contribution in [-0.4, -0.2) is 33.3 Å². The van der Waals surface area contributed by atoms with E-state index in [0.29, 0.717) is 6.54 Å². The van der Waals surface area contributed by atoms with Crippen LogP contribution in [0.25, 0.3) is 0 Å². The van der Waals surface area contributed by atoms with E-state index in [0.717, 1.165) is 12.5 Å². The Morgan fingerprint density at radius 3 is 2.33 bits per heavy atom. The van der Waals surface area contributed by atoms with Gasteiger partial charge in [-0.25, -0.2) is 13.1 Å². The molecule has 0 atom stereocenters. The molecular weight excluding hydrogens is 248 g/mol. The van der Waals surface area contributed by atoms with Gasteiger partial charge in [0.2, 0.25) is 10.0 Å². The second-order valence-corrected chi connectivity index (χ2v) is 7.98. The SMILES string of the molecule is CC(C)(CNCCC1CCCCC1)NS(C)(=O)=O. The van der Waals surface area contributed by atoms with Crippen LogP contribution >= 0.6 is 0 Å². The van der Waals surface area contributed by atoms with E-state index in [-0.39, 0.29) is 0 Å². The molecule has 18 heavy (non-hydrogen) atoms. The summed E-state index contributed by atoms with van der Waals surface area (Å²) in [4.78, 5) is 0. The molecule has 0 amide bonds. The fourth-order valence-electron chi connectivity index (χ4n) is 2.72. The van der Waals surface area contributed by atoms with Crippen LogP contribution in [0.1, 0.15) is 52.4 Å². The zero-order chi connectivity index (χ0) is 13.6. The molecule has 0 radical (unpaired) electrons. The molecule has 0 saturated heterocycles. The highest BCUT2D eigenvalue weighted by Crippen LogP contribution is 2.25. The van der Waals surface area contributed by atoms with Crippen LogP contribution in [0.3, 0.4) is 0 Å². The van der Waals surface area contributed by atoms with Gasteiger partial charge in [0.25, 0.3) is 0 Å². The van der Waals surface area contributed by atoms with Gasteiger partial charge in [-0.1, -0.05) is 32.1 Å². The Balaban J connectivity index is 2.16. The van der Waals surface area contributed by atoms with Gasteiger partial charge in [0, 0.05) is 12.1 Å². The van der Waals surface area contributed by atoms with Gasteiger partial charge in [0.1, 0.15) is 0 Å². The quantitative estimate of drug-likeness (QED) is 0.698. The lowest BCUT2D eigenvalue weighted by Crippen LogP contribution is -2.50. The van der Waals surface area contributed by atoms with Crippen LogP contribution in [0.4, 0.5) is 0 Å². The molecule has 0 aromatic rings. The first kappa shape index (κ1) is 15.9. The second-order valence-electron chi connectivity index (χ2n) is 6.23. The second kappa shape index (κ2) is 6.87. The van der Waals surface area contributed by atoms with Crippen molar-refractivity contribution in [1.82, 2.24) is 10.0 Å². The van der Waals surface area contributed by atoms with E-state index in [4.69, 9.17) is 0 Å². The summed E-state index contributed by atoms with van der Waals surface area (Å²) in [6, 6.07) is 0. The van der Waals surface area contributed by atoms with Crippen molar-refractivity contribution in [3.8, 4) is 0 Å². The molecule has 0 spiro atoms. The molecule has 108 valence electrons. The predicted octanol–water partition coefficient (Wildman–Crippen LogP) is 1.87. The van der Waals surface area contributed by atoms with E-state index in [2.05, 4.69) is 10.0 Å². The zero-order valence-electron chi connectivity index (χ0n) is 12.0. The summed E-state index contributed by atoms with van der Waals surface area (Å²) in [6.07, 6.45) is 9.32. The van der Waals surface area contributed by atoms with E-state index >= 15 is 0 Å². The number of nitrogens with one attached hydrogen (secondary N) is 2. The van der Waals surface area contributed by atoms with E-state index in [1.807, 2.05) is 13.8 Å². The summed E-state index contributed by atoms with van der Waals surface area (Å²) in [6.45, 7) is 5.47. The van der Waals surface area contributed by atoms with Gasteiger partial charge in [0.05, 0.1) is 6.26 Å². The normalized spacial score (nSPS) is 19.1. The first-order valence-electron chi connectivity index (χ1n) is 6.98. The molecule has 1 aliphatic rings. The lowest BCUT2D eigenvalue weighted by Gasteiger charge is -2.26. The summed E-state index contributed by atoms with van der Waals surface area (Å²) < 4.78 is 25.0. The molecule has 4 nitrogen and oxygen atoms in total. The minimum Gasteiger partial charge on any atom is -0.315 e. The highest BCUT2D eigenvalue weighted by molar-refractivity contribution is 7.88. The lowest BCUT2D eigenvalue weighted by atomic mass is 9.87. The van der Waals surface area contributed by atoms with Crippen LogP contribution in [0.2, 0.25) is 0 Å². The van der Waals surface area contributed by atoms with Crippen LogP contribution in [0.5, 0.6) is 0 Å². The maximum Gasteiger partial charge on any atom is 0.209 e. The largest absolute Gasteiger partial charge is 0.315 e. The predicted molar refractivity (Wildman–Crippen MR) is 76.1 cm³/mol. The number of hydrogen-bond donors (Lipinski definition) is 2. The van der Waals surface area contributed by atoms with Crippen molar-refractivity contribution in [1.29, 1.82) is 0 Å². The molecule has 1 saturated carbocycles. The van der Waals surface area contributed by atoms with E-state index in [1.54, 1.807) is 0 Å². The van der Waals surface area contributed by atoms with Crippen molar-refractivity contribution in [2.24, 2.45) is 5.92 Å². The zero-order valence-corrected chi connectivity index (χ0v) is 12.8. The lowest BCUT2D eigenvalue weighted by molar-refractivity contribution is 0.326. The fraction of sp³-hybridized carbons (Fsp3) is 1.00. The molecule has 1 aliphatic carbocycles. The van der Waals surface area contributed by atoms with Gasteiger partial charge in [-0.2, -0.15) is 0 Å². The number of rotatable bonds is 7. The minimum absolute atomic E-state index is 0.417. The summed E-state index contributed by atoms with van der Waals surface area (Å²) in [5.41, 5.74) is -0.417. The van der Waals surface area contributed by atoms with Crippen molar-refractivity contribution < 1.29 is 8.42 Å². The summed E-state index contributed by atoms with van der Waals surface area (Å²) >= 11 is 0. The molecule has 2 N–H and O–H groups in total. The van der Waals surface area contributed by atoms with Gasteiger partial charge in [-0.15, -0.1) is 0 Å². The Morgan fingerprint density at radius 1 is 1.17 bits per heavy atom. The summed E-state index contributed by atoms with van der Waals surface area (Å²) in [5.74, 6) is 0.872. The Labute approximate surface area is 112 Å². The standard InChI is InChI=1S/C13H28N2O2S/c1-13(2,15-18(3,16)17)11-14-10-9-12-7-5-4-6-8-12/h12,14-15H,4-11H2,1-3H3. The Kier molecular flexibility index (Phi) is 6.08. The van der Waals surface area contributed by atoms with E-state index in [9.17, 15) is 8.42 Å². The van der Waals surface area contributed by atoms with E-state index in [1.165, 1.54) is 44.8 Å². The molecule has 0 aromatic carbocycles. The molecular formula is C13H28N2O2S. The van der Waals surface area contributed by atoms with Crippen LogP contribution in [0, 0.1) is 5.92 Å². The van der Waals surface area contributed by atoms with Crippen molar-refractivity contribution >= 4 is 10.0 Å². The van der Waals surface area contributed by atoms with Crippen molar-refractivity contribution in [2.75, 3.05) is 19.3 Å². The Bertz CT molecular complexity index is 333.